The summed E-state index contributed by atoms with van der Waals surface area (Å²) in [5.74, 6) is -2.51. The molecule has 0 aliphatic carbocycles. The number of primary amides is 1. The molecule has 50 heavy (non-hydrogen) atoms. The van der Waals surface area contributed by atoms with Crippen LogP contribution in [0.3, 0.4) is 0 Å². The fraction of sp³-hybridized carbons (Fsp3) is 0.629. The average molecular weight is 719 g/mol. The molecule has 1 aromatic carbocycles. The van der Waals surface area contributed by atoms with E-state index in [1.54, 1.807) is 52.0 Å². The van der Waals surface area contributed by atoms with Gasteiger partial charge in [-0.05, 0) is 54.5 Å². The number of thioether (sulfide) groups is 1. The summed E-state index contributed by atoms with van der Waals surface area (Å²) in [5.41, 5.74) is 6.35. The number of esters is 1. The lowest BCUT2D eigenvalue weighted by atomic mass is 10.0. The van der Waals surface area contributed by atoms with Crippen LogP contribution in [0.2, 0.25) is 0 Å². The molecule has 2 rings (SSSR count). The molecule has 0 bridgehead atoms. The fourth-order valence-electron chi connectivity index (χ4n) is 5.12. The molecule has 1 fully saturated rings. The molecule has 1 heterocycles. The Morgan fingerprint density at radius 1 is 0.920 bits per heavy atom. The van der Waals surface area contributed by atoms with Gasteiger partial charge in [0.25, 0.3) is 0 Å². The number of rotatable bonds is 21. The zero-order valence-electron chi connectivity index (χ0n) is 30.0. The zero-order valence-corrected chi connectivity index (χ0v) is 30.9. The van der Waals surface area contributed by atoms with Gasteiger partial charge < -0.3 is 31.7 Å². The Morgan fingerprint density at radius 2 is 1.60 bits per heavy atom. The Morgan fingerprint density at radius 3 is 2.20 bits per heavy atom. The summed E-state index contributed by atoms with van der Waals surface area (Å²) in [4.78, 5) is 88.7. The van der Waals surface area contributed by atoms with Gasteiger partial charge >= 0.3 is 12.0 Å². The van der Waals surface area contributed by atoms with E-state index in [-0.39, 0.29) is 78.4 Å². The van der Waals surface area contributed by atoms with Crippen LogP contribution in [0.4, 0.5) is 10.5 Å². The van der Waals surface area contributed by atoms with Crippen LogP contribution in [0.5, 0.6) is 0 Å². The highest BCUT2D eigenvalue weighted by atomic mass is 32.2. The number of ether oxygens (including phenoxy) is 1. The summed E-state index contributed by atoms with van der Waals surface area (Å²) in [7, 11) is 0. The van der Waals surface area contributed by atoms with Gasteiger partial charge in [-0.3, -0.25) is 33.7 Å². The topological polar surface area (TPSA) is 206 Å². The number of nitrogens with one attached hydrogen (secondary N) is 4. The van der Waals surface area contributed by atoms with E-state index in [1.807, 2.05) is 13.8 Å². The Kier molecular flexibility index (Phi) is 17.8. The minimum absolute atomic E-state index is 0.0952. The lowest BCUT2D eigenvalue weighted by Crippen LogP contribution is -2.54. The summed E-state index contributed by atoms with van der Waals surface area (Å²) in [6.07, 6.45) is 2.60. The quantitative estimate of drug-likeness (QED) is 0.0718. The summed E-state index contributed by atoms with van der Waals surface area (Å²) < 4.78 is 5.24. The van der Waals surface area contributed by atoms with Gasteiger partial charge in [0.15, 0.2) is 0 Å². The zero-order chi connectivity index (χ0) is 37.4. The molecule has 1 aromatic rings. The van der Waals surface area contributed by atoms with Gasteiger partial charge in [-0.15, -0.1) is 11.8 Å². The Hall–Kier alpha value is -4.14. The molecule has 0 radical (unpaired) electrons. The predicted octanol–water partition coefficient (Wildman–Crippen LogP) is 3.23. The molecular formula is C35H54N6O8S. The number of amides is 7. The second kappa shape index (κ2) is 21.2. The van der Waals surface area contributed by atoms with Crippen molar-refractivity contribution in [3.05, 3.63) is 29.8 Å². The van der Waals surface area contributed by atoms with Crippen molar-refractivity contribution in [2.75, 3.05) is 18.4 Å². The van der Waals surface area contributed by atoms with Gasteiger partial charge in [0.05, 0.1) is 11.2 Å². The van der Waals surface area contributed by atoms with Gasteiger partial charge in [-0.25, -0.2) is 4.79 Å². The number of imide groups is 1. The summed E-state index contributed by atoms with van der Waals surface area (Å²) in [6, 6.07) is 4.14. The Balaban J connectivity index is 1.93. The van der Waals surface area contributed by atoms with Crippen molar-refractivity contribution in [1.82, 2.24) is 20.9 Å². The second-order valence-electron chi connectivity index (χ2n) is 13.3. The highest BCUT2D eigenvalue weighted by Gasteiger charge is 2.38. The first-order valence-electron chi connectivity index (χ1n) is 17.3. The van der Waals surface area contributed by atoms with E-state index in [0.717, 1.165) is 5.56 Å². The van der Waals surface area contributed by atoms with Crippen molar-refractivity contribution in [3.63, 3.8) is 0 Å². The van der Waals surface area contributed by atoms with Crippen molar-refractivity contribution < 1.29 is 38.3 Å². The first-order chi connectivity index (χ1) is 23.6. The maximum atomic E-state index is 13.4. The summed E-state index contributed by atoms with van der Waals surface area (Å²) in [6.45, 7) is 11.6. The van der Waals surface area contributed by atoms with Gasteiger partial charge in [0, 0.05) is 31.6 Å². The third-order valence-electron chi connectivity index (χ3n) is 7.87. The second-order valence-corrected chi connectivity index (χ2v) is 15.1. The number of likely N-dealkylation sites (tertiary alicyclic amines) is 1. The van der Waals surface area contributed by atoms with Gasteiger partial charge in [-0.1, -0.05) is 60.1 Å². The molecule has 278 valence electrons. The first-order valence-corrected chi connectivity index (χ1v) is 18.2. The molecule has 1 saturated heterocycles. The SMILES string of the molecule is CC(C)SC1CC(=O)N(CCCCCC(=O)N[C@H](C(=O)N[C@@H](CCCNC(N)=O)C(=O)Nc2ccc(COC(=O)C(C)C)cc2)C(C)C)C1=O. The third kappa shape index (κ3) is 14.8. The van der Waals surface area contributed by atoms with Crippen LogP contribution in [0, 0.1) is 11.8 Å². The summed E-state index contributed by atoms with van der Waals surface area (Å²) >= 11 is 1.50. The number of hydrogen-bond acceptors (Lipinski definition) is 9. The number of nitrogens with two attached hydrogens (primary N) is 1. The molecule has 0 spiro atoms. The van der Waals surface area contributed by atoms with E-state index in [9.17, 15) is 33.6 Å². The van der Waals surface area contributed by atoms with E-state index >= 15 is 0 Å². The van der Waals surface area contributed by atoms with Crippen molar-refractivity contribution in [2.24, 2.45) is 17.6 Å². The Labute approximate surface area is 299 Å². The lowest BCUT2D eigenvalue weighted by Gasteiger charge is -2.25. The standard InChI is InChI=1S/C35H54N6O8S/c1-21(2)30(40-28(42)12-8-7-9-18-41-29(43)19-27(33(41)46)50-23(5)6)32(45)39-26(11-10-17-37-35(36)48)31(44)38-25-15-13-24(14-16-25)20-49-34(47)22(3)4/h13-16,21-23,26-27,30H,7-12,17-20H2,1-6H3,(H,38,44)(H,39,45)(H,40,42)(H3,36,37,48)/t26-,27?,30-/m0/s1. The van der Waals surface area contributed by atoms with E-state index in [0.29, 0.717) is 37.9 Å². The fourth-order valence-corrected chi connectivity index (χ4v) is 6.26. The van der Waals surface area contributed by atoms with Crippen molar-refractivity contribution >= 4 is 59.0 Å². The van der Waals surface area contributed by atoms with Crippen LogP contribution >= 0.6 is 11.8 Å². The largest absolute Gasteiger partial charge is 0.461 e. The molecule has 1 aliphatic rings. The lowest BCUT2D eigenvalue weighted by molar-refractivity contribution is -0.148. The molecule has 6 N–H and O–H groups in total. The summed E-state index contributed by atoms with van der Waals surface area (Å²) in [5, 5.41) is 10.7. The van der Waals surface area contributed by atoms with Crippen LogP contribution in [-0.4, -0.2) is 82.1 Å². The van der Waals surface area contributed by atoms with Crippen LogP contribution in [0.25, 0.3) is 0 Å². The van der Waals surface area contributed by atoms with Crippen molar-refractivity contribution in [3.8, 4) is 0 Å². The number of anilines is 1. The number of hydrogen-bond donors (Lipinski definition) is 5. The molecule has 1 aliphatic heterocycles. The van der Waals surface area contributed by atoms with E-state index < -0.39 is 29.9 Å². The van der Waals surface area contributed by atoms with Gasteiger partial charge in [0.2, 0.25) is 29.5 Å². The maximum absolute atomic E-state index is 13.4. The van der Waals surface area contributed by atoms with Gasteiger partial charge in [0.1, 0.15) is 18.7 Å². The predicted molar refractivity (Wildman–Crippen MR) is 192 cm³/mol. The molecule has 0 saturated carbocycles. The van der Waals surface area contributed by atoms with Crippen LogP contribution in [0.15, 0.2) is 24.3 Å². The Bertz CT molecular complexity index is 1340. The molecule has 14 nitrogen and oxygen atoms in total. The van der Waals surface area contributed by atoms with Gasteiger partial charge in [-0.2, -0.15) is 0 Å². The number of unbranched alkanes of at least 4 members (excludes halogenated alkanes) is 2. The van der Waals surface area contributed by atoms with Crippen LogP contribution in [0.1, 0.15) is 92.1 Å². The number of carbonyl (C=O) groups is 7. The van der Waals surface area contributed by atoms with Crippen LogP contribution < -0.4 is 27.0 Å². The monoisotopic (exact) mass is 718 g/mol. The minimum Gasteiger partial charge on any atom is -0.461 e. The first kappa shape index (κ1) is 42.0. The molecule has 15 heteroatoms. The van der Waals surface area contributed by atoms with E-state index in [4.69, 9.17) is 10.5 Å². The molecule has 3 atom stereocenters. The molecular weight excluding hydrogens is 664 g/mol. The van der Waals surface area contributed by atoms with Crippen molar-refractivity contribution in [1.29, 1.82) is 0 Å². The maximum Gasteiger partial charge on any atom is 0.312 e. The third-order valence-corrected chi connectivity index (χ3v) is 9.11. The normalized spacial score (nSPS) is 15.6. The number of urea groups is 1. The smallest absolute Gasteiger partial charge is 0.312 e. The number of benzene rings is 1. The number of carbonyl (C=O) groups excluding carboxylic acids is 7. The van der Waals surface area contributed by atoms with Crippen molar-refractivity contribution in [2.45, 2.75) is 116 Å². The number of nitrogens with zero attached hydrogens (tertiary/aromatic N) is 1. The van der Waals surface area contributed by atoms with Crippen LogP contribution in [-0.2, 0) is 40.1 Å². The van der Waals surface area contributed by atoms with E-state index in [1.165, 1.54) is 16.7 Å². The molecule has 7 amide bonds. The molecule has 0 aromatic heterocycles. The average Bonchev–Trinajstić information content (AvgIpc) is 3.30. The van der Waals surface area contributed by atoms with E-state index in [2.05, 4.69) is 21.3 Å². The minimum atomic E-state index is -0.989. The molecule has 1 unspecified atom stereocenters. The highest BCUT2D eigenvalue weighted by Crippen LogP contribution is 2.28. The highest BCUT2D eigenvalue weighted by molar-refractivity contribution is 8.01.